The Labute approximate surface area is 93.2 Å². The molecule has 2 nitrogen and oxygen atoms in total. The molecule has 0 spiro atoms. The van der Waals surface area contributed by atoms with Crippen LogP contribution in [0.15, 0.2) is 6.58 Å². The molecule has 0 N–H and O–H groups in total. The van der Waals surface area contributed by atoms with E-state index in [1.54, 1.807) is 0 Å². The summed E-state index contributed by atoms with van der Waals surface area (Å²) >= 11 is 2.34. The van der Waals surface area contributed by atoms with Crippen molar-refractivity contribution in [1.82, 2.24) is 9.78 Å². The van der Waals surface area contributed by atoms with Crippen molar-refractivity contribution in [2.24, 2.45) is 13.0 Å². The summed E-state index contributed by atoms with van der Waals surface area (Å²) in [4.78, 5) is 0. The van der Waals surface area contributed by atoms with E-state index in [9.17, 15) is 0 Å². The third-order valence-electron chi connectivity index (χ3n) is 1.89. The summed E-state index contributed by atoms with van der Waals surface area (Å²) in [6, 6.07) is 0. The minimum Gasteiger partial charge on any atom is -0.267 e. The monoisotopic (exact) mass is 290 g/mol. The molecule has 3 heteroatoms. The molecule has 0 aliphatic carbocycles. The van der Waals surface area contributed by atoms with E-state index in [1.807, 2.05) is 17.8 Å². The van der Waals surface area contributed by atoms with Crippen LogP contribution in [0.25, 0.3) is 6.08 Å². The van der Waals surface area contributed by atoms with Crippen LogP contribution in [0.4, 0.5) is 0 Å². The van der Waals surface area contributed by atoms with Gasteiger partial charge in [-0.05, 0) is 41.0 Å². The lowest BCUT2D eigenvalue weighted by Crippen LogP contribution is -1.97. The predicted octanol–water partition coefficient (Wildman–Crippen LogP) is 2.87. The normalized spacial score (nSPS) is 10.8. The zero-order valence-electron chi connectivity index (χ0n) is 8.34. The Balaban J connectivity index is 3.03. The van der Waals surface area contributed by atoms with Crippen molar-refractivity contribution in [3.63, 3.8) is 0 Å². The number of halogens is 1. The highest BCUT2D eigenvalue weighted by Crippen LogP contribution is 2.19. The van der Waals surface area contributed by atoms with Crippen molar-refractivity contribution in [2.75, 3.05) is 0 Å². The van der Waals surface area contributed by atoms with E-state index in [1.165, 1.54) is 9.26 Å². The zero-order valence-corrected chi connectivity index (χ0v) is 10.5. The Kier molecular flexibility index (Phi) is 3.53. The third-order valence-corrected chi connectivity index (χ3v) is 3.07. The lowest BCUT2D eigenvalue weighted by molar-refractivity contribution is 0.619. The minimum atomic E-state index is 0.654. The molecule has 0 fully saturated rings. The maximum Gasteiger partial charge on any atom is 0.0766 e. The molecule has 1 heterocycles. The smallest absolute Gasteiger partial charge is 0.0766 e. The highest BCUT2D eigenvalue weighted by molar-refractivity contribution is 14.1. The molecule has 0 aliphatic rings. The van der Waals surface area contributed by atoms with Crippen LogP contribution in [0.1, 0.15) is 25.2 Å². The quantitative estimate of drug-likeness (QED) is 0.783. The Hall–Kier alpha value is -0.320. The molecule has 0 atom stereocenters. The van der Waals surface area contributed by atoms with Crippen molar-refractivity contribution in [2.45, 2.75) is 20.3 Å². The number of rotatable bonds is 3. The second-order valence-electron chi connectivity index (χ2n) is 3.57. The van der Waals surface area contributed by atoms with Crippen molar-refractivity contribution < 1.29 is 0 Å². The summed E-state index contributed by atoms with van der Waals surface area (Å²) in [7, 11) is 1.96. The number of hydrogen-bond acceptors (Lipinski definition) is 1. The molecular weight excluding hydrogens is 275 g/mol. The summed E-state index contributed by atoms with van der Waals surface area (Å²) in [5.41, 5.74) is 2.31. The van der Waals surface area contributed by atoms with Crippen LogP contribution < -0.4 is 0 Å². The summed E-state index contributed by atoms with van der Waals surface area (Å²) in [5.74, 6) is 0.654. The van der Waals surface area contributed by atoms with Gasteiger partial charge in [-0.3, -0.25) is 4.68 Å². The Morgan fingerprint density at radius 3 is 2.62 bits per heavy atom. The number of aryl methyl sites for hydroxylation is 1. The molecule has 1 aromatic rings. The zero-order chi connectivity index (χ0) is 10.0. The van der Waals surface area contributed by atoms with Gasteiger partial charge in [0.25, 0.3) is 0 Å². The Bertz CT molecular complexity index is 313. The first-order chi connectivity index (χ1) is 6.06. The fraction of sp³-hybridized carbons (Fsp3) is 0.500. The van der Waals surface area contributed by atoms with E-state index in [-0.39, 0.29) is 0 Å². The highest BCUT2D eigenvalue weighted by Gasteiger charge is 2.11. The molecule has 0 saturated heterocycles. The first-order valence-electron chi connectivity index (χ1n) is 4.40. The van der Waals surface area contributed by atoms with Gasteiger partial charge in [0.15, 0.2) is 0 Å². The van der Waals surface area contributed by atoms with Gasteiger partial charge in [-0.1, -0.05) is 20.4 Å². The van der Waals surface area contributed by atoms with Gasteiger partial charge in [0.1, 0.15) is 0 Å². The van der Waals surface area contributed by atoms with Gasteiger partial charge in [-0.15, -0.1) is 0 Å². The van der Waals surface area contributed by atoms with E-state index in [4.69, 9.17) is 0 Å². The summed E-state index contributed by atoms with van der Waals surface area (Å²) < 4.78 is 3.13. The topological polar surface area (TPSA) is 17.8 Å². The van der Waals surface area contributed by atoms with Crippen LogP contribution in [0.2, 0.25) is 0 Å². The summed E-state index contributed by atoms with van der Waals surface area (Å²) in [6.45, 7) is 8.19. The molecule has 0 saturated carbocycles. The van der Waals surface area contributed by atoms with Gasteiger partial charge in [-0.25, -0.2) is 0 Å². The molecule has 0 aromatic carbocycles. The summed E-state index contributed by atoms with van der Waals surface area (Å²) in [5, 5.41) is 4.46. The standard InChI is InChI=1S/C10H15IN2/c1-5-9-10(11)8(6-7(2)3)12-13(9)4/h5,7H,1,6H2,2-4H3. The van der Waals surface area contributed by atoms with E-state index in [0.29, 0.717) is 5.92 Å². The lowest BCUT2D eigenvalue weighted by Gasteiger charge is -2.00. The molecule has 72 valence electrons. The van der Waals surface area contributed by atoms with Crippen LogP contribution in [0, 0.1) is 9.49 Å². The first kappa shape index (κ1) is 10.8. The van der Waals surface area contributed by atoms with Gasteiger partial charge in [0.2, 0.25) is 0 Å². The average Bonchev–Trinajstić information content (AvgIpc) is 2.26. The molecule has 0 unspecified atom stereocenters. The number of nitrogens with zero attached hydrogens (tertiary/aromatic N) is 2. The molecule has 0 bridgehead atoms. The van der Waals surface area contributed by atoms with Gasteiger partial charge in [-0.2, -0.15) is 5.10 Å². The molecule has 1 rings (SSSR count). The van der Waals surface area contributed by atoms with E-state index >= 15 is 0 Å². The van der Waals surface area contributed by atoms with Crippen molar-refractivity contribution >= 4 is 28.7 Å². The van der Waals surface area contributed by atoms with Gasteiger partial charge in [0, 0.05) is 7.05 Å². The fourth-order valence-electron chi connectivity index (χ4n) is 1.31. The van der Waals surface area contributed by atoms with Crippen LogP contribution >= 0.6 is 22.6 Å². The molecule has 1 aromatic heterocycles. The fourth-order valence-corrected chi connectivity index (χ4v) is 2.20. The maximum atomic E-state index is 4.46. The summed E-state index contributed by atoms with van der Waals surface area (Å²) in [6.07, 6.45) is 2.90. The van der Waals surface area contributed by atoms with Crippen LogP contribution in [-0.2, 0) is 13.5 Å². The third kappa shape index (κ3) is 2.33. The van der Waals surface area contributed by atoms with Crippen molar-refractivity contribution in [3.05, 3.63) is 21.5 Å². The van der Waals surface area contributed by atoms with Crippen LogP contribution in [0.3, 0.4) is 0 Å². The molecular formula is C10H15IN2. The van der Waals surface area contributed by atoms with Crippen molar-refractivity contribution in [3.8, 4) is 0 Å². The van der Waals surface area contributed by atoms with Crippen LogP contribution in [0.5, 0.6) is 0 Å². The largest absolute Gasteiger partial charge is 0.267 e. The molecule has 0 aliphatic heterocycles. The second kappa shape index (κ2) is 4.26. The number of hydrogen-bond donors (Lipinski definition) is 0. The van der Waals surface area contributed by atoms with E-state index in [2.05, 4.69) is 48.1 Å². The average molecular weight is 290 g/mol. The van der Waals surface area contributed by atoms with Gasteiger partial charge < -0.3 is 0 Å². The van der Waals surface area contributed by atoms with Gasteiger partial charge >= 0.3 is 0 Å². The van der Waals surface area contributed by atoms with Gasteiger partial charge in [0.05, 0.1) is 15.0 Å². The SMILES string of the molecule is C=Cc1c(I)c(CC(C)C)nn1C. The van der Waals surface area contributed by atoms with Crippen molar-refractivity contribution in [1.29, 1.82) is 0 Å². The Morgan fingerprint density at radius 1 is 1.62 bits per heavy atom. The minimum absolute atomic E-state index is 0.654. The van der Waals surface area contributed by atoms with Crippen LogP contribution in [-0.4, -0.2) is 9.78 Å². The molecule has 0 radical (unpaired) electrons. The molecule has 0 amide bonds. The predicted molar refractivity (Wildman–Crippen MR) is 64.6 cm³/mol. The van der Waals surface area contributed by atoms with E-state index < -0.39 is 0 Å². The molecule has 13 heavy (non-hydrogen) atoms. The second-order valence-corrected chi connectivity index (χ2v) is 4.65. The number of aromatic nitrogens is 2. The van der Waals surface area contributed by atoms with E-state index in [0.717, 1.165) is 12.1 Å². The maximum absolute atomic E-state index is 4.46. The Morgan fingerprint density at radius 2 is 2.23 bits per heavy atom. The first-order valence-corrected chi connectivity index (χ1v) is 5.48. The lowest BCUT2D eigenvalue weighted by atomic mass is 10.1. The highest BCUT2D eigenvalue weighted by atomic mass is 127.